The largest absolute Gasteiger partial charge is 0.354 e. The van der Waals surface area contributed by atoms with Crippen LogP contribution in [0.3, 0.4) is 0 Å². The van der Waals surface area contributed by atoms with E-state index in [9.17, 15) is 0 Å². The molecule has 1 atom stereocenters. The standard InChI is InChI=1S/C12H24N4/c1-10(2)15-8-11-4-3-7-16(9-11)12-13-5-6-14-12/h10-11,15H,3-9H2,1-2H3,(H,13,14). The molecule has 0 aromatic carbocycles. The molecular formula is C12H24N4. The maximum absolute atomic E-state index is 4.50. The molecule has 0 amide bonds. The Morgan fingerprint density at radius 1 is 1.56 bits per heavy atom. The summed E-state index contributed by atoms with van der Waals surface area (Å²) in [6, 6.07) is 0.595. The number of hydrogen-bond acceptors (Lipinski definition) is 4. The topological polar surface area (TPSA) is 39.7 Å². The molecule has 4 nitrogen and oxygen atoms in total. The van der Waals surface area contributed by atoms with Gasteiger partial charge in [-0.25, -0.2) is 0 Å². The average molecular weight is 224 g/mol. The van der Waals surface area contributed by atoms with Crippen LogP contribution in [0.1, 0.15) is 26.7 Å². The molecule has 0 aromatic heterocycles. The summed E-state index contributed by atoms with van der Waals surface area (Å²) >= 11 is 0. The summed E-state index contributed by atoms with van der Waals surface area (Å²) in [7, 11) is 0. The fourth-order valence-electron chi connectivity index (χ4n) is 2.42. The van der Waals surface area contributed by atoms with Gasteiger partial charge in [0.05, 0.1) is 6.54 Å². The molecule has 1 fully saturated rings. The fraction of sp³-hybridized carbons (Fsp3) is 0.917. The van der Waals surface area contributed by atoms with Crippen molar-refractivity contribution >= 4 is 5.96 Å². The van der Waals surface area contributed by atoms with E-state index in [0.717, 1.165) is 38.1 Å². The van der Waals surface area contributed by atoms with Crippen LogP contribution in [0.15, 0.2) is 4.99 Å². The fourth-order valence-corrected chi connectivity index (χ4v) is 2.42. The number of aliphatic imine (C=N–C) groups is 1. The number of rotatable bonds is 3. The van der Waals surface area contributed by atoms with Gasteiger partial charge in [0.25, 0.3) is 0 Å². The predicted octanol–water partition coefficient (Wildman–Crippen LogP) is 0.656. The van der Waals surface area contributed by atoms with Crippen LogP contribution in [0.2, 0.25) is 0 Å². The maximum atomic E-state index is 4.50. The molecule has 2 heterocycles. The summed E-state index contributed by atoms with van der Waals surface area (Å²) in [5.74, 6) is 1.91. The first-order valence-corrected chi connectivity index (χ1v) is 6.52. The average Bonchev–Trinajstić information content (AvgIpc) is 2.80. The third-order valence-electron chi connectivity index (χ3n) is 3.29. The Bertz CT molecular complexity index is 249. The van der Waals surface area contributed by atoms with Gasteiger partial charge in [-0.15, -0.1) is 0 Å². The Morgan fingerprint density at radius 2 is 2.44 bits per heavy atom. The smallest absolute Gasteiger partial charge is 0.194 e. The van der Waals surface area contributed by atoms with Crippen LogP contribution in [0.4, 0.5) is 0 Å². The van der Waals surface area contributed by atoms with E-state index in [-0.39, 0.29) is 0 Å². The highest BCUT2D eigenvalue weighted by Gasteiger charge is 2.23. The highest BCUT2D eigenvalue weighted by Crippen LogP contribution is 2.16. The molecule has 1 unspecified atom stereocenters. The lowest BCUT2D eigenvalue weighted by Gasteiger charge is -2.34. The van der Waals surface area contributed by atoms with E-state index in [1.54, 1.807) is 0 Å². The van der Waals surface area contributed by atoms with Gasteiger partial charge in [-0.1, -0.05) is 13.8 Å². The van der Waals surface area contributed by atoms with E-state index < -0.39 is 0 Å². The predicted molar refractivity (Wildman–Crippen MR) is 67.7 cm³/mol. The van der Waals surface area contributed by atoms with Gasteiger partial charge < -0.3 is 15.5 Å². The van der Waals surface area contributed by atoms with Crippen molar-refractivity contribution in [2.45, 2.75) is 32.7 Å². The van der Waals surface area contributed by atoms with Crippen LogP contribution in [0.5, 0.6) is 0 Å². The lowest BCUT2D eigenvalue weighted by molar-refractivity contribution is 0.245. The van der Waals surface area contributed by atoms with Crippen LogP contribution in [-0.2, 0) is 0 Å². The number of nitrogens with zero attached hydrogens (tertiary/aromatic N) is 2. The summed E-state index contributed by atoms with van der Waals surface area (Å²) in [6.45, 7) is 9.85. The van der Waals surface area contributed by atoms with Crippen LogP contribution in [-0.4, -0.2) is 49.6 Å². The van der Waals surface area contributed by atoms with E-state index in [1.807, 2.05) is 0 Å². The molecule has 4 heteroatoms. The Labute approximate surface area is 98.5 Å². The summed E-state index contributed by atoms with van der Waals surface area (Å²) < 4.78 is 0. The van der Waals surface area contributed by atoms with Crippen LogP contribution >= 0.6 is 0 Å². The molecule has 92 valence electrons. The van der Waals surface area contributed by atoms with E-state index in [0.29, 0.717) is 6.04 Å². The van der Waals surface area contributed by atoms with Crippen molar-refractivity contribution < 1.29 is 0 Å². The second kappa shape index (κ2) is 5.53. The number of hydrogen-bond donors (Lipinski definition) is 2. The maximum Gasteiger partial charge on any atom is 0.194 e. The molecule has 2 N–H and O–H groups in total. The number of guanidine groups is 1. The Balaban J connectivity index is 1.79. The highest BCUT2D eigenvalue weighted by molar-refractivity contribution is 5.81. The molecule has 0 radical (unpaired) electrons. The Hall–Kier alpha value is -0.770. The number of piperidine rings is 1. The monoisotopic (exact) mass is 224 g/mol. The first kappa shape index (κ1) is 11.7. The zero-order valence-corrected chi connectivity index (χ0v) is 10.5. The lowest BCUT2D eigenvalue weighted by Crippen LogP contribution is -2.47. The number of likely N-dealkylation sites (tertiary alicyclic amines) is 1. The zero-order valence-electron chi connectivity index (χ0n) is 10.5. The molecule has 0 aromatic rings. The van der Waals surface area contributed by atoms with Gasteiger partial charge in [-0.05, 0) is 25.3 Å². The number of nitrogens with one attached hydrogen (secondary N) is 2. The molecule has 0 saturated carbocycles. The van der Waals surface area contributed by atoms with Gasteiger partial charge in [0.15, 0.2) is 5.96 Å². The first-order valence-electron chi connectivity index (χ1n) is 6.52. The molecule has 2 rings (SSSR count). The normalized spacial score (nSPS) is 25.8. The summed E-state index contributed by atoms with van der Waals surface area (Å²) in [4.78, 5) is 6.92. The minimum Gasteiger partial charge on any atom is -0.354 e. The van der Waals surface area contributed by atoms with Crippen molar-refractivity contribution in [2.75, 3.05) is 32.7 Å². The SMILES string of the molecule is CC(C)NCC1CCCN(C2=NCCN2)C1. The van der Waals surface area contributed by atoms with Crippen molar-refractivity contribution in [1.82, 2.24) is 15.5 Å². The quantitative estimate of drug-likeness (QED) is 0.739. The molecule has 2 aliphatic rings. The van der Waals surface area contributed by atoms with Crippen molar-refractivity contribution in [3.63, 3.8) is 0 Å². The second-order valence-electron chi connectivity index (χ2n) is 5.15. The summed E-state index contributed by atoms with van der Waals surface area (Å²) in [5, 5.41) is 6.91. The highest BCUT2D eigenvalue weighted by atomic mass is 15.3. The van der Waals surface area contributed by atoms with Crippen molar-refractivity contribution in [3.8, 4) is 0 Å². The van der Waals surface area contributed by atoms with Crippen LogP contribution in [0.25, 0.3) is 0 Å². The van der Waals surface area contributed by atoms with Gasteiger partial charge in [-0.3, -0.25) is 4.99 Å². The third kappa shape index (κ3) is 3.11. The Morgan fingerprint density at radius 3 is 3.12 bits per heavy atom. The minimum absolute atomic E-state index is 0.595. The van der Waals surface area contributed by atoms with Crippen molar-refractivity contribution in [2.24, 2.45) is 10.9 Å². The third-order valence-corrected chi connectivity index (χ3v) is 3.29. The van der Waals surface area contributed by atoms with Crippen LogP contribution in [0, 0.1) is 5.92 Å². The molecule has 2 aliphatic heterocycles. The van der Waals surface area contributed by atoms with E-state index >= 15 is 0 Å². The molecule has 1 saturated heterocycles. The van der Waals surface area contributed by atoms with Crippen molar-refractivity contribution in [1.29, 1.82) is 0 Å². The lowest BCUT2D eigenvalue weighted by atomic mass is 9.98. The molecule has 16 heavy (non-hydrogen) atoms. The van der Waals surface area contributed by atoms with Gasteiger partial charge in [0.2, 0.25) is 0 Å². The van der Waals surface area contributed by atoms with E-state index in [1.165, 1.54) is 19.4 Å². The second-order valence-corrected chi connectivity index (χ2v) is 5.15. The van der Waals surface area contributed by atoms with Gasteiger partial charge in [0, 0.05) is 25.7 Å². The first-order chi connectivity index (χ1) is 7.75. The Kier molecular flexibility index (Phi) is 4.04. The minimum atomic E-state index is 0.595. The zero-order chi connectivity index (χ0) is 11.4. The summed E-state index contributed by atoms with van der Waals surface area (Å²) in [6.07, 6.45) is 2.65. The van der Waals surface area contributed by atoms with Crippen LogP contribution < -0.4 is 10.6 Å². The molecule has 0 aliphatic carbocycles. The van der Waals surface area contributed by atoms with Crippen molar-refractivity contribution in [3.05, 3.63) is 0 Å². The summed E-state index contributed by atoms with van der Waals surface area (Å²) in [5.41, 5.74) is 0. The van der Waals surface area contributed by atoms with Gasteiger partial charge in [-0.2, -0.15) is 0 Å². The van der Waals surface area contributed by atoms with E-state index in [4.69, 9.17) is 0 Å². The molecule has 0 spiro atoms. The molecular weight excluding hydrogens is 200 g/mol. The van der Waals surface area contributed by atoms with E-state index in [2.05, 4.69) is 34.4 Å². The van der Waals surface area contributed by atoms with Gasteiger partial charge in [0.1, 0.15) is 0 Å². The molecule has 0 bridgehead atoms. The van der Waals surface area contributed by atoms with Gasteiger partial charge >= 0.3 is 0 Å².